The van der Waals surface area contributed by atoms with Crippen LogP contribution in [0.4, 0.5) is 0 Å². The van der Waals surface area contributed by atoms with Gasteiger partial charge in [-0.05, 0) is 12.1 Å². The van der Waals surface area contributed by atoms with Crippen LogP contribution in [0.1, 0.15) is 6.92 Å². The average molecular weight is 186 g/mol. The summed E-state index contributed by atoms with van der Waals surface area (Å²) in [7, 11) is -0.911. The molecule has 1 aliphatic heterocycles. The van der Waals surface area contributed by atoms with Gasteiger partial charge in [0.05, 0.1) is 8.07 Å². The van der Waals surface area contributed by atoms with Crippen LogP contribution in [0.2, 0.25) is 19.6 Å². The first-order valence-electron chi connectivity index (χ1n) is 4.86. The lowest BCUT2D eigenvalue weighted by molar-refractivity contribution is 0.374. The minimum Gasteiger partial charge on any atom is -0.326 e. The van der Waals surface area contributed by atoms with Crippen LogP contribution in [0.25, 0.3) is 0 Å². The Balaban J connectivity index is 2.38. The van der Waals surface area contributed by atoms with Crippen molar-refractivity contribution >= 4 is 8.07 Å². The Hall–Kier alpha value is 0.137. The number of rotatable bonds is 2. The molecule has 0 spiro atoms. The van der Waals surface area contributed by atoms with Gasteiger partial charge in [-0.15, -0.1) is 0 Å². The molecule has 2 unspecified atom stereocenters. The standard InChI is InChI=1S/C9H22N2Si/c1-8-5-11(6-9(8)10)7-12(2,3)4/h8-9H,5-7,10H2,1-4H3. The lowest BCUT2D eigenvalue weighted by Gasteiger charge is -2.24. The summed E-state index contributed by atoms with van der Waals surface area (Å²) in [5, 5.41) is 0. The van der Waals surface area contributed by atoms with Gasteiger partial charge in [0.25, 0.3) is 0 Å². The number of nitrogens with zero attached hydrogens (tertiary/aromatic N) is 1. The first kappa shape index (κ1) is 10.2. The van der Waals surface area contributed by atoms with Crippen molar-refractivity contribution in [1.82, 2.24) is 4.90 Å². The number of hydrogen-bond donors (Lipinski definition) is 1. The third-order valence-electron chi connectivity index (χ3n) is 2.44. The molecule has 1 fully saturated rings. The van der Waals surface area contributed by atoms with Crippen LogP contribution in [0.3, 0.4) is 0 Å². The van der Waals surface area contributed by atoms with E-state index in [0.717, 1.165) is 6.54 Å². The van der Waals surface area contributed by atoms with Crippen molar-refractivity contribution < 1.29 is 0 Å². The molecule has 1 aliphatic rings. The molecule has 0 saturated carbocycles. The minimum absolute atomic E-state index is 0.418. The van der Waals surface area contributed by atoms with Crippen LogP contribution in [0.15, 0.2) is 0 Å². The van der Waals surface area contributed by atoms with Crippen LogP contribution in [0.5, 0.6) is 0 Å². The van der Waals surface area contributed by atoms with Crippen molar-refractivity contribution in [2.45, 2.75) is 32.6 Å². The molecule has 2 atom stereocenters. The fourth-order valence-corrected chi connectivity index (χ4v) is 3.50. The molecule has 0 bridgehead atoms. The van der Waals surface area contributed by atoms with E-state index in [1.807, 2.05) is 0 Å². The summed E-state index contributed by atoms with van der Waals surface area (Å²) in [5.74, 6) is 0.696. The van der Waals surface area contributed by atoms with Gasteiger partial charge >= 0.3 is 0 Å². The first-order valence-corrected chi connectivity index (χ1v) is 8.57. The van der Waals surface area contributed by atoms with Crippen LogP contribution in [0, 0.1) is 5.92 Å². The summed E-state index contributed by atoms with van der Waals surface area (Å²) < 4.78 is 0. The molecular formula is C9H22N2Si. The van der Waals surface area contributed by atoms with Gasteiger partial charge in [0.15, 0.2) is 0 Å². The molecule has 1 heterocycles. The highest BCUT2D eigenvalue weighted by Gasteiger charge is 2.29. The lowest BCUT2D eigenvalue weighted by atomic mass is 10.1. The van der Waals surface area contributed by atoms with Gasteiger partial charge in [0, 0.05) is 19.1 Å². The van der Waals surface area contributed by atoms with E-state index in [9.17, 15) is 0 Å². The van der Waals surface area contributed by atoms with Crippen molar-refractivity contribution in [3.63, 3.8) is 0 Å². The van der Waals surface area contributed by atoms with Gasteiger partial charge in [0.1, 0.15) is 0 Å². The Labute approximate surface area is 77.1 Å². The molecule has 0 radical (unpaired) electrons. The SMILES string of the molecule is CC1CN(C[Si](C)(C)C)CC1N. The van der Waals surface area contributed by atoms with E-state index in [-0.39, 0.29) is 0 Å². The molecule has 72 valence electrons. The Morgan fingerprint density at radius 2 is 1.92 bits per heavy atom. The summed E-state index contributed by atoms with van der Waals surface area (Å²) in [4.78, 5) is 2.54. The third kappa shape index (κ3) is 2.88. The van der Waals surface area contributed by atoms with Crippen molar-refractivity contribution in [2.24, 2.45) is 11.7 Å². The van der Waals surface area contributed by atoms with E-state index in [1.54, 1.807) is 0 Å². The van der Waals surface area contributed by atoms with Gasteiger partial charge in [0.2, 0.25) is 0 Å². The number of hydrogen-bond acceptors (Lipinski definition) is 2. The normalized spacial score (nSPS) is 32.8. The summed E-state index contributed by atoms with van der Waals surface area (Å²) in [6.45, 7) is 11.8. The monoisotopic (exact) mass is 186 g/mol. The Morgan fingerprint density at radius 1 is 1.33 bits per heavy atom. The fraction of sp³-hybridized carbons (Fsp3) is 1.00. The van der Waals surface area contributed by atoms with Gasteiger partial charge < -0.3 is 10.6 Å². The minimum atomic E-state index is -0.911. The summed E-state index contributed by atoms with van der Waals surface area (Å²) in [6.07, 6.45) is 1.31. The van der Waals surface area contributed by atoms with E-state index in [2.05, 4.69) is 31.5 Å². The smallest absolute Gasteiger partial charge is 0.0599 e. The maximum atomic E-state index is 5.96. The van der Waals surface area contributed by atoms with E-state index >= 15 is 0 Å². The van der Waals surface area contributed by atoms with Gasteiger partial charge in [-0.2, -0.15) is 0 Å². The molecule has 1 saturated heterocycles. The molecule has 2 N–H and O–H groups in total. The maximum Gasteiger partial charge on any atom is 0.0599 e. The summed E-state index contributed by atoms with van der Waals surface area (Å²) >= 11 is 0. The molecule has 1 rings (SSSR count). The van der Waals surface area contributed by atoms with Crippen LogP contribution in [-0.2, 0) is 0 Å². The van der Waals surface area contributed by atoms with Crippen molar-refractivity contribution in [1.29, 1.82) is 0 Å². The quantitative estimate of drug-likeness (QED) is 0.655. The Bertz CT molecular complexity index is 143. The van der Waals surface area contributed by atoms with Crippen molar-refractivity contribution in [3.8, 4) is 0 Å². The largest absolute Gasteiger partial charge is 0.326 e. The highest BCUT2D eigenvalue weighted by molar-refractivity contribution is 6.76. The highest BCUT2D eigenvalue weighted by Crippen LogP contribution is 2.16. The number of likely N-dealkylation sites (tertiary alicyclic amines) is 1. The Morgan fingerprint density at radius 3 is 2.25 bits per heavy atom. The average Bonchev–Trinajstić information content (AvgIpc) is 2.07. The molecule has 0 aromatic carbocycles. The molecule has 0 aromatic heterocycles. The van der Waals surface area contributed by atoms with Crippen LogP contribution < -0.4 is 5.73 Å². The predicted molar refractivity (Wildman–Crippen MR) is 56.9 cm³/mol. The molecule has 12 heavy (non-hydrogen) atoms. The second kappa shape index (κ2) is 3.48. The fourth-order valence-electron chi connectivity index (χ4n) is 1.90. The first-order chi connectivity index (χ1) is 5.38. The second-order valence-electron chi connectivity index (χ2n) is 5.40. The zero-order chi connectivity index (χ0) is 9.35. The van der Waals surface area contributed by atoms with Gasteiger partial charge in [-0.3, -0.25) is 0 Å². The van der Waals surface area contributed by atoms with E-state index < -0.39 is 8.07 Å². The topological polar surface area (TPSA) is 29.3 Å². The van der Waals surface area contributed by atoms with Crippen LogP contribution >= 0.6 is 0 Å². The number of nitrogens with two attached hydrogens (primary N) is 1. The predicted octanol–water partition coefficient (Wildman–Crippen LogP) is 1.14. The molecular weight excluding hydrogens is 164 g/mol. The summed E-state index contributed by atoms with van der Waals surface area (Å²) in [5.41, 5.74) is 5.96. The second-order valence-corrected chi connectivity index (χ2v) is 10.8. The molecule has 3 heteroatoms. The van der Waals surface area contributed by atoms with E-state index in [1.165, 1.54) is 12.7 Å². The highest BCUT2D eigenvalue weighted by atomic mass is 28.3. The van der Waals surface area contributed by atoms with E-state index in [4.69, 9.17) is 5.73 Å². The summed E-state index contributed by atoms with van der Waals surface area (Å²) in [6, 6.07) is 0.418. The van der Waals surface area contributed by atoms with Gasteiger partial charge in [-0.1, -0.05) is 26.6 Å². The zero-order valence-electron chi connectivity index (χ0n) is 8.80. The molecule has 0 aliphatic carbocycles. The van der Waals surface area contributed by atoms with Crippen molar-refractivity contribution in [3.05, 3.63) is 0 Å². The zero-order valence-corrected chi connectivity index (χ0v) is 9.80. The lowest BCUT2D eigenvalue weighted by Crippen LogP contribution is -2.40. The Kier molecular flexibility index (Phi) is 2.96. The molecule has 0 aromatic rings. The van der Waals surface area contributed by atoms with Crippen molar-refractivity contribution in [2.75, 3.05) is 19.3 Å². The third-order valence-corrected chi connectivity index (χ3v) is 3.84. The van der Waals surface area contributed by atoms with Gasteiger partial charge in [-0.25, -0.2) is 0 Å². The van der Waals surface area contributed by atoms with Crippen LogP contribution in [-0.4, -0.2) is 38.3 Å². The molecule has 2 nitrogen and oxygen atoms in total. The molecule has 0 amide bonds. The van der Waals surface area contributed by atoms with E-state index in [0.29, 0.717) is 12.0 Å². The maximum absolute atomic E-state index is 5.96.